The molecule has 0 fully saturated rings. The van der Waals surface area contributed by atoms with Crippen LogP contribution >= 0.6 is 0 Å². The van der Waals surface area contributed by atoms with Crippen molar-refractivity contribution in [2.45, 2.75) is 58.8 Å². The lowest BCUT2D eigenvalue weighted by atomic mass is 10.1. The van der Waals surface area contributed by atoms with E-state index in [9.17, 15) is 23.2 Å². The summed E-state index contributed by atoms with van der Waals surface area (Å²) in [5.41, 5.74) is -0.885. The first-order valence-corrected chi connectivity index (χ1v) is 8.14. The SMILES string of the molecule is CC(C)(C)OC(=O)NN(C(=O)OC(C)(C)C)C(F)(F)C(=O)c1ccccc1. The number of nitrogens with zero attached hydrogens (tertiary/aromatic N) is 1. The number of amides is 2. The molecule has 1 aromatic rings. The van der Waals surface area contributed by atoms with Gasteiger partial charge in [0.05, 0.1) is 0 Å². The van der Waals surface area contributed by atoms with Gasteiger partial charge in [-0.2, -0.15) is 8.78 Å². The predicted octanol–water partition coefficient (Wildman–Crippen LogP) is 4.14. The average molecular weight is 386 g/mol. The molecule has 0 aliphatic heterocycles. The molecule has 9 heteroatoms. The van der Waals surface area contributed by atoms with Crippen molar-refractivity contribution in [2.75, 3.05) is 0 Å². The maximum Gasteiger partial charge on any atom is 0.434 e. The number of benzene rings is 1. The van der Waals surface area contributed by atoms with E-state index in [0.717, 1.165) is 12.1 Å². The minimum Gasteiger partial charge on any atom is -0.443 e. The van der Waals surface area contributed by atoms with Crippen molar-refractivity contribution in [1.29, 1.82) is 0 Å². The maximum absolute atomic E-state index is 14.8. The summed E-state index contributed by atoms with van der Waals surface area (Å²) in [6.45, 7) is 8.89. The largest absolute Gasteiger partial charge is 0.443 e. The average Bonchev–Trinajstić information content (AvgIpc) is 2.49. The molecule has 0 saturated carbocycles. The third-order valence-electron chi connectivity index (χ3n) is 2.77. The van der Waals surface area contributed by atoms with Gasteiger partial charge in [0.25, 0.3) is 5.78 Å². The van der Waals surface area contributed by atoms with Gasteiger partial charge in [-0.3, -0.25) is 4.79 Å². The molecule has 150 valence electrons. The highest BCUT2D eigenvalue weighted by molar-refractivity contribution is 6.02. The summed E-state index contributed by atoms with van der Waals surface area (Å²) >= 11 is 0. The first kappa shape index (κ1) is 22.3. The Labute approximate surface area is 156 Å². The van der Waals surface area contributed by atoms with Crippen molar-refractivity contribution in [3.05, 3.63) is 35.9 Å². The van der Waals surface area contributed by atoms with Crippen molar-refractivity contribution in [1.82, 2.24) is 10.4 Å². The van der Waals surface area contributed by atoms with E-state index in [1.807, 2.05) is 0 Å². The van der Waals surface area contributed by atoms with Crippen molar-refractivity contribution in [3.63, 3.8) is 0 Å². The lowest BCUT2D eigenvalue weighted by Gasteiger charge is -2.32. The van der Waals surface area contributed by atoms with E-state index in [1.165, 1.54) is 53.7 Å². The maximum atomic E-state index is 14.8. The fraction of sp³-hybridized carbons (Fsp3) is 0.500. The number of alkyl halides is 2. The predicted molar refractivity (Wildman–Crippen MR) is 93.2 cm³/mol. The Morgan fingerprint density at radius 1 is 0.889 bits per heavy atom. The number of carbonyl (C=O) groups is 3. The first-order valence-electron chi connectivity index (χ1n) is 8.14. The first-order chi connectivity index (χ1) is 12.1. The summed E-state index contributed by atoms with van der Waals surface area (Å²) in [6, 6.07) is 2.24. The number of Topliss-reactive ketones (excluding diaryl/α,β-unsaturated/α-hetero) is 1. The van der Waals surface area contributed by atoms with Crippen LogP contribution in [0.15, 0.2) is 30.3 Å². The monoisotopic (exact) mass is 386 g/mol. The Morgan fingerprint density at radius 2 is 1.37 bits per heavy atom. The molecule has 0 radical (unpaired) electrons. The van der Waals surface area contributed by atoms with Gasteiger partial charge in [-0.25, -0.2) is 15.0 Å². The van der Waals surface area contributed by atoms with E-state index >= 15 is 0 Å². The van der Waals surface area contributed by atoms with Crippen molar-refractivity contribution >= 4 is 18.0 Å². The number of ketones is 1. The van der Waals surface area contributed by atoms with Gasteiger partial charge in [-0.05, 0) is 41.5 Å². The van der Waals surface area contributed by atoms with Crippen LogP contribution in [0.4, 0.5) is 18.4 Å². The number of hydrogen-bond donors (Lipinski definition) is 1. The van der Waals surface area contributed by atoms with Gasteiger partial charge in [0.1, 0.15) is 11.2 Å². The number of ether oxygens (including phenoxy) is 2. The second kappa shape index (κ2) is 7.89. The zero-order chi connectivity index (χ0) is 21.0. The summed E-state index contributed by atoms with van der Waals surface area (Å²) in [4.78, 5) is 36.4. The number of halogens is 2. The summed E-state index contributed by atoms with van der Waals surface area (Å²) < 4.78 is 39.4. The van der Waals surface area contributed by atoms with E-state index in [0.29, 0.717) is 0 Å². The van der Waals surface area contributed by atoms with Gasteiger partial charge in [-0.1, -0.05) is 30.3 Å². The molecule has 1 aromatic carbocycles. The fourth-order valence-corrected chi connectivity index (χ4v) is 1.80. The summed E-state index contributed by atoms with van der Waals surface area (Å²) in [5.74, 6) is -1.69. The van der Waals surface area contributed by atoms with Gasteiger partial charge < -0.3 is 9.47 Å². The molecule has 0 bridgehead atoms. The van der Waals surface area contributed by atoms with Crippen LogP contribution in [0.25, 0.3) is 0 Å². The van der Waals surface area contributed by atoms with E-state index < -0.39 is 40.2 Å². The molecule has 27 heavy (non-hydrogen) atoms. The molecule has 0 heterocycles. The van der Waals surface area contributed by atoms with Crippen LogP contribution in [0, 0.1) is 0 Å². The summed E-state index contributed by atoms with van der Waals surface area (Å²) in [6.07, 6.45) is -2.95. The molecule has 1 rings (SSSR count). The van der Waals surface area contributed by atoms with Crippen molar-refractivity contribution in [3.8, 4) is 0 Å². The highest BCUT2D eigenvalue weighted by Gasteiger charge is 2.51. The van der Waals surface area contributed by atoms with Gasteiger partial charge in [0.2, 0.25) is 0 Å². The molecule has 0 aliphatic carbocycles. The molecule has 1 N–H and O–H groups in total. The Morgan fingerprint density at radius 3 is 1.81 bits per heavy atom. The van der Waals surface area contributed by atoms with Gasteiger partial charge in [-0.15, -0.1) is 5.01 Å². The van der Waals surface area contributed by atoms with Crippen LogP contribution in [-0.2, 0) is 9.47 Å². The molecule has 0 spiro atoms. The fourth-order valence-electron chi connectivity index (χ4n) is 1.80. The topological polar surface area (TPSA) is 84.9 Å². The summed E-state index contributed by atoms with van der Waals surface area (Å²) in [5, 5.41) is -0.457. The Bertz CT molecular complexity index is 694. The van der Waals surface area contributed by atoms with Crippen LogP contribution in [-0.4, -0.2) is 40.2 Å². The van der Waals surface area contributed by atoms with Gasteiger partial charge in [0.15, 0.2) is 0 Å². The van der Waals surface area contributed by atoms with Crippen LogP contribution in [0.5, 0.6) is 0 Å². The minimum absolute atomic E-state index is 0.345. The standard InChI is InChI=1S/C18H24F2N2O5/c1-16(2,3)26-14(24)21-22(15(25)27-17(4,5)6)18(19,20)13(23)12-10-8-7-9-11-12/h7-11H,1-6H3,(H,21,24). The third kappa shape index (κ3) is 6.84. The molecule has 7 nitrogen and oxygen atoms in total. The number of nitrogens with one attached hydrogen (secondary N) is 1. The van der Waals surface area contributed by atoms with Crippen LogP contribution in [0.3, 0.4) is 0 Å². The van der Waals surface area contributed by atoms with Crippen LogP contribution in [0.1, 0.15) is 51.9 Å². The Balaban J connectivity index is 3.20. The highest BCUT2D eigenvalue weighted by atomic mass is 19.3. The zero-order valence-corrected chi connectivity index (χ0v) is 16.1. The quantitative estimate of drug-likeness (QED) is 0.479. The smallest absolute Gasteiger partial charge is 0.434 e. The molecule has 2 amide bonds. The van der Waals surface area contributed by atoms with Crippen molar-refractivity contribution < 1.29 is 32.6 Å². The lowest BCUT2D eigenvalue weighted by molar-refractivity contribution is -0.127. The minimum atomic E-state index is -4.42. The Hall–Kier alpha value is -2.71. The normalized spacial score (nSPS) is 12.1. The molecule has 0 unspecified atom stereocenters. The lowest BCUT2D eigenvalue weighted by Crippen LogP contribution is -2.60. The van der Waals surface area contributed by atoms with Gasteiger partial charge in [0, 0.05) is 5.56 Å². The third-order valence-corrected chi connectivity index (χ3v) is 2.77. The van der Waals surface area contributed by atoms with E-state index in [2.05, 4.69) is 0 Å². The van der Waals surface area contributed by atoms with Crippen LogP contribution < -0.4 is 5.43 Å². The second-order valence-corrected chi connectivity index (χ2v) is 7.67. The van der Waals surface area contributed by atoms with Crippen LogP contribution in [0.2, 0.25) is 0 Å². The molecule has 0 saturated heterocycles. The molecule has 0 aromatic heterocycles. The summed E-state index contributed by atoms with van der Waals surface area (Å²) in [7, 11) is 0. The zero-order valence-electron chi connectivity index (χ0n) is 16.1. The molecule has 0 aliphatic rings. The number of hydrazine groups is 1. The van der Waals surface area contributed by atoms with E-state index in [1.54, 1.807) is 11.5 Å². The Kier molecular flexibility index (Phi) is 6.53. The number of carbonyl (C=O) groups excluding carboxylic acids is 3. The molecular formula is C18H24F2N2O5. The van der Waals surface area contributed by atoms with E-state index in [-0.39, 0.29) is 5.56 Å². The van der Waals surface area contributed by atoms with Gasteiger partial charge >= 0.3 is 18.2 Å². The number of rotatable bonds is 3. The molecular weight excluding hydrogens is 362 g/mol. The number of hydrogen-bond acceptors (Lipinski definition) is 5. The second-order valence-electron chi connectivity index (χ2n) is 7.67. The van der Waals surface area contributed by atoms with Crippen molar-refractivity contribution in [2.24, 2.45) is 0 Å². The van der Waals surface area contributed by atoms with E-state index in [4.69, 9.17) is 9.47 Å². The highest BCUT2D eigenvalue weighted by Crippen LogP contribution is 2.26. The molecule has 0 atom stereocenters.